The monoisotopic (exact) mass is 688 g/mol. The van der Waals surface area contributed by atoms with E-state index in [9.17, 15) is 0 Å². The predicted octanol–water partition coefficient (Wildman–Crippen LogP) is 13.8. The van der Waals surface area contributed by atoms with Crippen LogP contribution < -0.4 is 9.80 Å². The summed E-state index contributed by atoms with van der Waals surface area (Å²) in [6.07, 6.45) is 15.4. The fourth-order valence-electron chi connectivity index (χ4n) is 8.42. The van der Waals surface area contributed by atoms with Crippen molar-refractivity contribution in [2.24, 2.45) is 5.41 Å². The minimum Gasteiger partial charge on any atom is -0.311 e. The summed E-state index contributed by atoms with van der Waals surface area (Å²) in [6, 6.07) is 50.2. The summed E-state index contributed by atoms with van der Waals surface area (Å²) in [4.78, 5) is 4.83. The molecule has 0 aliphatic heterocycles. The number of benzene rings is 6. The second-order valence-corrected chi connectivity index (χ2v) is 15.9. The van der Waals surface area contributed by atoms with E-state index < -0.39 is 0 Å². The van der Waals surface area contributed by atoms with Crippen LogP contribution in [0.25, 0.3) is 22.3 Å². The first-order valence-corrected chi connectivity index (χ1v) is 19.5. The lowest BCUT2D eigenvalue weighted by atomic mass is 9.85. The molecule has 0 N–H and O–H groups in total. The number of nitrogens with zero attached hydrogens (tertiary/aromatic N) is 2. The standard InChI is InChI=1S/C51H48N2/c1-36-10-22-45(23-11-36)52(49-28-20-37-6-4-8-43(37)34-49)46-24-16-41(17-25-46)39-12-14-40(15-13-39)42-18-26-47(27-19-42)53(48-30-32-51(2,3)33-31-48)50-29-21-38-7-5-9-44(38)35-50/h10-32,34-35H,4-9,33H2,1-3H3. The van der Waals surface area contributed by atoms with Gasteiger partial charge < -0.3 is 9.80 Å². The van der Waals surface area contributed by atoms with Crippen molar-refractivity contribution in [3.8, 4) is 22.3 Å². The van der Waals surface area contributed by atoms with Crippen LogP contribution >= 0.6 is 0 Å². The van der Waals surface area contributed by atoms with Gasteiger partial charge in [-0.15, -0.1) is 0 Å². The van der Waals surface area contributed by atoms with Crippen LogP contribution in [0, 0.1) is 12.3 Å². The van der Waals surface area contributed by atoms with Crippen molar-refractivity contribution in [2.45, 2.75) is 65.7 Å². The number of aryl methyl sites for hydroxylation is 5. The molecule has 0 saturated heterocycles. The third kappa shape index (κ3) is 6.75. The van der Waals surface area contributed by atoms with Gasteiger partial charge in [0.2, 0.25) is 0 Å². The molecule has 3 aliphatic rings. The van der Waals surface area contributed by atoms with Gasteiger partial charge in [0.15, 0.2) is 0 Å². The van der Waals surface area contributed by atoms with Gasteiger partial charge in [0.1, 0.15) is 0 Å². The Labute approximate surface area is 315 Å². The van der Waals surface area contributed by atoms with Gasteiger partial charge in [-0.2, -0.15) is 0 Å². The second-order valence-electron chi connectivity index (χ2n) is 15.9. The van der Waals surface area contributed by atoms with Gasteiger partial charge in [0.25, 0.3) is 0 Å². The van der Waals surface area contributed by atoms with E-state index in [0.29, 0.717) is 0 Å². The zero-order chi connectivity index (χ0) is 35.9. The van der Waals surface area contributed by atoms with Crippen LogP contribution in [-0.4, -0.2) is 0 Å². The summed E-state index contributed by atoms with van der Waals surface area (Å²) in [6.45, 7) is 6.76. The normalized spacial score (nSPS) is 15.5. The lowest BCUT2D eigenvalue weighted by molar-refractivity contribution is 0.481. The molecule has 0 amide bonds. The first-order valence-electron chi connectivity index (χ1n) is 19.5. The van der Waals surface area contributed by atoms with Crippen LogP contribution in [0.15, 0.2) is 157 Å². The minimum absolute atomic E-state index is 0.190. The SMILES string of the molecule is Cc1ccc(N(c2ccc(-c3ccc(-c4ccc(N(C5=CCC(C)(C)C=C5)c5ccc6c(c5)CCC6)cc4)cc3)cc2)c2ccc3c(c2)CCC3)cc1. The maximum Gasteiger partial charge on any atom is 0.0464 e. The zero-order valence-corrected chi connectivity index (χ0v) is 31.3. The van der Waals surface area contributed by atoms with Crippen molar-refractivity contribution in [2.75, 3.05) is 9.80 Å². The lowest BCUT2D eigenvalue weighted by Crippen LogP contribution is -2.19. The Morgan fingerprint density at radius 1 is 0.434 bits per heavy atom. The van der Waals surface area contributed by atoms with E-state index in [0.717, 1.165) is 6.42 Å². The average molecular weight is 689 g/mol. The van der Waals surface area contributed by atoms with Crippen molar-refractivity contribution in [1.29, 1.82) is 0 Å². The molecule has 0 spiro atoms. The van der Waals surface area contributed by atoms with Crippen molar-refractivity contribution < 1.29 is 0 Å². The molecule has 0 fully saturated rings. The molecule has 6 aromatic carbocycles. The maximum absolute atomic E-state index is 2.44. The molecule has 2 heteroatoms. The number of hydrogen-bond acceptors (Lipinski definition) is 2. The van der Waals surface area contributed by atoms with Gasteiger partial charge in [0, 0.05) is 34.1 Å². The highest BCUT2D eigenvalue weighted by molar-refractivity contribution is 5.80. The molecule has 0 unspecified atom stereocenters. The molecule has 0 aromatic heterocycles. The first-order chi connectivity index (χ1) is 25.9. The summed E-state index contributed by atoms with van der Waals surface area (Å²) in [7, 11) is 0. The van der Waals surface area contributed by atoms with Gasteiger partial charge in [-0.25, -0.2) is 0 Å². The van der Waals surface area contributed by atoms with E-state index in [1.807, 2.05) is 0 Å². The molecular formula is C51H48N2. The Hall–Kier alpha value is -5.60. The summed E-state index contributed by atoms with van der Waals surface area (Å²) in [5, 5.41) is 0. The van der Waals surface area contributed by atoms with E-state index in [1.165, 1.54) is 123 Å². The van der Waals surface area contributed by atoms with Crippen molar-refractivity contribution in [3.63, 3.8) is 0 Å². The molecule has 0 heterocycles. The van der Waals surface area contributed by atoms with Crippen LogP contribution in [-0.2, 0) is 25.7 Å². The van der Waals surface area contributed by atoms with Crippen LogP contribution in [0.2, 0.25) is 0 Å². The third-order valence-corrected chi connectivity index (χ3v) is 11.6. The number of hydrogen-bond donors (Lipinski definition) is 0. The van der Waals surface area contributed by atoms with Gasteiger partial charge in [0.05, 0.1) is 0 Å². The molecule has 2 nitrogen and oxygen atoms in total. The van der Waals surface area contributed by atoms with E-state index in [4.69, 9.17) is 0 Å². The smallest absolute Gasteiger partial charge is 0.0464 e. The average Bonchev–Trinajstić information content (AvgIpc) is 3.87. The highest BCUT2D eigenvalue weighted by Crippen LogP contribution is 2.40. The predicted molar refractivity (Wildman–Crippen MR) is 225 cm³/mol. The highest BCUT2D eigenvalue weighted by atomic mass is 15.1. The zero-order valence-electron chi connectivity index (χ0n) is 31.3. The molecule has 3 aliphatic carbocycles. The number of rotatable bonds is 8. The molecule has 0 bridgehead atoms. The van der Waals surface area contributed by atoms with E-state index in [1.54, 1.807) is 0 Å². The van der Waals surface area contributed by atoms with E-state index in [2.05, 4.69) is 182 Å². The largest absolute Gasteiger partial charge is 0.311 e. The quantitative estimate of drug-likeness (QED) is 0.157. The Balaban J connectivity index is 0.966. The highest BCUT2D eigenvalue weighted by Gasteiger charge is 2.23. The van der Waals surface area contributed by atoms with E-state index in [-0.39, 0.29) is 5.41 Å². The second kappa shape index (κ2) is 13.7. The summed E-state index contributed by atoms with van der Waals surface area (Å²) < 4.78 is 0. The molecule has 9 rings (SSSR count). The first kappa shape index (κ1) is 33.3. The van der Waals surface area contributed by atoms with Crippen molar-refractivity contribution in [3.05, 3.63) is 185 Å². The molecular weight excluding hydrogens is 641 g/mol. The molecule has 262 valence electrons. The Morgan fingerprint density at radius 2 is 0.830 bits per heavy atom. The summed E-state index contributed by atoms with van der Waals surface area (Å²) in [5.41, 5.74) is 19.6. The topological polar surface area (TPSA) is 6.48 Å². The summed E-state index contributed by atoms with van der Waals surface area (Å²) >= 11 is 0. The van der Waals surface area contributed by atoms with Crippen LogP contribution in [0.5, 0.6) is 0 Å². The fraction of sp³-hybridized carbons (Fsp3) is 0.216. The van der Waals surface area contributed by atoms with Gasteiger partial charge in [-0.1, -0.05) is 104 Å². The van der Waals surface area contributed by atoms with Crippen LogP contribution in [0.1, 0.15) is 60.9 Å². The number of allylic oxidation sites excluding steroid dienone is 3. The van der Waals surface area contributed by atoms with Crippen LogP contribution in [0.4, 0.5) is 28.4 Å². The Morgan fingerprint density at radius 3 is 1.30 bits per heavy atom. The number of fused-ring (bicyclic) bond motifs is 2. The number of anilines is 5. The lowest BCUT2D eigenvalue weighted by Gasteiger charge is -2.31. The van der Waals surface area contributed by atoms with Gasteiger partial charge in [-0.3, -0.25) is 0 Å². The molecule has 53 heavy (non-hydrogen) atoms. The maximum atomic E-state index is 2.44. The molecule has 0 radical (unpaired) electrons. The van der Waals surface area contributed by atoms with Gasteiger partial charge in [-0.05, 0) is 169 Å². The molecule has 0 saturated carbocycles. The molecule has 6 aromatic rings. The van der Waals surface area contributed by atoms with Crippen LogP contribution in [0.3, 0.4) is 0 Å². The minimum atomic E-state index is 0.190. The van der Waals surface area contributed by atoms with Gasteiger partial charge >= 0.3 is 0 Å². The third-order valence-electron chi connectivity index (χ3n) is 11.6. The Bertz CT molecular complexity index is 2320. The van der Waals surface area contributed by atoms with E-state index >= 15 is 0 Å². The van der Waals surface area contributed by atoms with Crippen molar-refractivity contribution in [1.82, 2.24) is 0 Å². The summed E-state index contributed by atoms with van der Waals surface area (Å²) in [5.74, 6) is 0. The van der Waals surface area contributed by atoms with Crippen molar-refractivity contribution >= 4 is 28.4 Å². The Kier molecular flexibility index (Phi) is 8.63. The fourth-order valence-corrected chi connectivity index (χ4v) is 8.42. The molecule has 0 atom stereocenters.